The van der Waals surface area contributed by atoms with Gasteiger partial charge < -0.3 is 21.1 Å². The lowest BCUT2D eigenvalue weighted by Crippen LogP contribution is -2.47. The number of benzene rings is 1. The summed E-state index contributed by atoms with van der Waals surface area (Å²) in [7, 11) is 0. The maximum Gasteiger partial charge on any atom is 0.407 e. The predicted octanol–water partition coefficient (Wildman–Crippen LogP) is 2.74. The zero-order chi connectivity index (χ0) is 14.8. The van der Waals surface area contributed by atoms with Gasteiger partial charge in [0.25, 0.3) is 0 Å². The van der Waals surface area contributed by atoms with Gasteiger partial charge in [0.15, 0.2) is 0 Å². The third-order valence-electron chi connectivity index (χ3n) is 3.17. The van der Waals surface area contributed by atoms with Crippen molar-refractivity contribution in [3.8, 4) is 0 Å². The van der Waals surface area contributed by atoms with E-state index < -0.39 is 0 Å². The van der Waals surface area contributed by atoms with Gasteiger partial charge in [-0.05, 0) is 32.9 Å². The molecule has 1 saturated carbocycles. The molecule has 0 unspecified atom stereocenters. The molecule has 1 amide bonds. The molecule has 1 aromatic carbocycles. The Morgan fingerprint density at radius 1 is 1.30 bits per heavy atom. The smallest absolute Gasteiger partial charge is 0.407 e. The number of hydrogen-bond donors (Lipinski definition) is 3. The molecule has 1 aliphatic carbocycles. The van der Waals surface area contributed by atoms with Gasteiger partial charge in [-0.2, -0.15) is 0 Å². The fourth-order valence-corrected chi connectivity index (χ4v) is 2.12. The zero-order valence-electron chi connectivity index (χ0n) is 12.3. The van der Waals surface area contributed by atoms with Crippen molar-refractivity contribution in [1.82, 2.24) is 5.32 Å². The highest BCUT2D eigenvalue weighted by molar-refractivity contribution is 5.68. The Labute approximate surface area is 119 Å². The number of amides is 1. The quantitative estimate of drug-likeness (QED) is 0.742. The van der Waals surface area contributed by atoms with E-state index in [1.54, 1.807) is 0 Å². The second-order valence-corrected chi connectivity index (χ2v) is 6.30. The first-order valence-corrected chi connectivity index (χ1v) is 6.93. The van der Waals surface area contributed by atoms with E-state index in [9.17, 15) is 4.79 Å². The number of anilines is 2. The summed E-state index contributed by atoms with van der Waals surface area (Å²) >= 11 is 0. The number of carbonyl (C=O) groups excluding carboxylic acids is 1. The van der Waals surface area contributed by atoms with Crippen molar-refractivity contribution in [1.29, 1.82) is 0 Å². The van der Waals surface area contributed by atoms with Crippen LogP contribution in [0.1, 0.15) is 33.6 Å². The summed E-state index contributed by atoms with van der Waals surface area (Å²) < 4.78 is 5.34. The fraction of sp³-hybridized carbons (Fsp3) is 0.533. The first-order chi connectivity index (χ1) is 9.33. The molecule has 5 nitrogen and oxygen atoms in total. The van der Waals surface area contributed by atoms with Gasteiger partial charge in [0.2, 0.25) is 0 Å². The Morgan fingerprint density at radius 2 is 1.95 bits per heavy atom. The number of nitrogen functional groups attached to an aromatic ring is 1. The van der Waals surface area contributed by atoms with Crippen molar-refractivity contribution in [3.05, 3.63) is 24.3 Å². The monoisotopic (exact) mass is 277 g/mol. The molecule has 1 aromatic rings. The molecule has 0 heterocycles. The predicted molar refractivity (Wildman–Crippen MR) is 80.7 cm³/mol. The third-order valence-corrected chi connectivity index (χ3v) is 3.17. The topological polar surface area (TPSA) is 76.4 Å². The molecule has 110 valence electrons. The van der Waals surface area contributed by atoms with Crippen LogP contribution in [-0.2, 0) is 4.74 Å². The first-order valence-electron chi connectivity index (χ1n) is 6.93. The van der Waals surface area contributed by atoms with E-state index in [1.807, 2.05) is 45.0 Å². The SMILES string of the molecule is CC(C)(C)NC(=O)OC1CC(Nc2ccccc2N)C1. The van der Waals surface area contributed by atoms with Crippen LogP contribution in [0.15, 0.2) is 24.3 Å². The van der Waals surface area contributed by atoms with Crippen molar-refractivity contribution in [2.45, 2.75) is 51.3 Å². The largest absolute Gasteiger partial charge is 0.446 e. The van der Waals surface area contributed by atoms with Crippen LogP contribution in [0, 0.1) is 0 Å². The normalized spacial score (nSPS) is 21.8. The number of nitrogens with two attached hydrogens (primary N) is 1. The molecule has 0 aliphatic heterocycles. The van der Waals surface area contributed by atoms with Crippen LogP contribution in [0.2, 0.25) is 0 Å². The molecule has 1 fully saturated rings. The van der Waals surface area contributed by atoms with Crippen molar-refractivity contribution in [2.24, 2.45) is 0 Å². The van der Waals surface area contributed by atoms with Crippen molar-refractivity contribution in [3.63, 3.8) is 0 Å². The van der Waals surface area contributed by atoms with Gasteiger partial charge in [0.05, 0.1) is 11.4 Å². The highest BCUT2D eigenvalue weighted by Crippen LogP contribution is 2.29. The van der Waals surface area contributed by atoms with E-state index in [2.05, 4.69) is 10.6 Å². The van der Waals surface area contributed by atoms with Crippen LogP contribution < -0.4 is 16.4 Å². The van der Waals surface area contributed by atoms with Crippen LogP contribution in [0.25, 0.3) is 0 Å². The summed E-state index contributed by atoms with van der Waals surface area (Å²) in [6.07, 6.45) is 1.26. The summed E-state index contributed by atoms with van der Waals surface area (Å²) in [6, 6.07) is 7.99. The van der Waals surface area contributed by atoms with Gasteiger partial charge >= 0.3 is 6.09 Å². The molecular formula is C15H23N3O2. The van der Waals surface area contributed by atoms with Crippen LogP contribution in [0.4, 0.5) is 16.2 Å². The van der Waals surface area contributed by atoms with Crippen LogP contribution in [0.5, 0.6) is 0 Å². The van der Waals surface area contributed by atoms with E-state index in [4.69, 9.17) is 10.5 Å². The molecule has 0 spiro atoms. The van der Waals surface area contributed by atoms with Gasteiger partial charge in [-0.3, -0.25) is 0 Å². The van der Waals surface area contributed by atoms with Gasteiger partial charge in [-0.1, -0.05) is 12.1 Å². The van der Waals surface area contributed by atoms with Crippen LogP contribution in [0.3, 0.4) is 0 Å². The molecule has 0 atom stereocenters. The molecule has 2 rings (SSSR count). The summed E-state index contributed by atoms with van der Waals surface area (Å²) in [4.78, 5) is 11.6. The molecule has 4 N–H and O–H groups in total. The maximum atomic E-state index is 11.6. The summed E-state index contributed by atoms with van der Waals surface area (Å²) in [5, 5.41) is 6.15. The molecule has 1 aliphatic rings. The van der Waals surface area contributed by atoms with E-state index in [0.29, 0.717) is 6.04 Å². The molecule has 0 radical (unpaired) electrons. The number of carbonyl (C=O) groups is 1. The summed E-state index contributed by atoms with van der Waals surface area (Å²) in [5.41, 5.74) is 7.29. The number of nitrogens with one attached hydrogen (secondary N) is 2. The molecule has 0 bridgehead atoms. The van der Waals surface area contributed by atoms with Crippen LogP contribution in [-0.4, -0.2) is 23.8 Å². The average molecular weight is 277 g/mol. The Balaban J connectivity index is 1.73. The summed E-state index contributed by atoms with van der Waals surface area (Å²) in [5.74, 6) is 0. The van der Waals surface area contributed by atoms with Crippen molar-refractivity contribution in [2.75, 3.05) is 11.1 Å². The second kappa shape index (κ2) is 5.61. The minimum absolute atomic E-state index is 0.0141. The van der Waals surface area contributed by atoms with Gasteiger partial charge in [0.1, 0.15) is 6.10 Å². The number of hydrogen-bond acceptors (Lipinski definition) is 4. The van der Waals surface area contributed by atoms with E-state index in [-0.39, 0.29) is 17.7 Å². The number of ether oxygens (including phenoxy) is 1. The Bertz CT molecular complexity index is 476. The second-order valence-electron chi connectivity index (χ2n) is 6.30. The lowest BCUT2D eigenvalue weighted by Gasteiger charge is -2.36. The van der Waals surface area contributed by atoms with E-state index >= 15 is 0 Å². The minimum Gasteiger partial charge on any atom is -0.446 e. The molecule has 0 saturated heterocycles. The first kappa shape index (κ1) is 14.5. The van der Waals surface area contributed by atoms with Crippen LogP contribution >= 0.6 is 0 Å². The fourth-order valence-electron chi connectivity index (χ4n) is 2.12. The van der Waals surface area contributed by atoms with Gasteiger partial charge in [-0.25, -0.2) is 4.79 Å². The highest BCUT2D eigenvalue weighted by atomic mass is 16.6. The Hall–Kier alpha value is -1.91. The minimum atomic E-state index is -0.347. The lowest BCUT2D eigenvalue weighted by atomic mass is 9.89. The number of para-hydroxylation sites is 2. The average Bonchev–Trinajstić information content (AvgIpc) is 2.26. The molecular weight excluding hydrogens is 254 g/mol. The molecule has 20 heavy (non-hydrogen) atoms. The Kier molecular flexibility index (Phi) is 4.06. The zero-order valence-corrected chi connectivity index (χ0v) is 12.3. The highest BCUT2D eigenvalue weighted by Gasteiger charge is 2.33. The van der Waals surface area contributed by atoms with E-state index in [1.165, 1.54) is 0 Å². The number of alkyl carbamates (subject to hydrolysis) is 1. The maximum absolute atomic E-state index is 11.6. The summed E-state index contributed by atoms with van der Waals surface area (Å²) in [6.45, 7) is 5.78. The standard InChI is InChI=1S/C15H23N3O2/c1-15(2,3)18-14(19)20-11-8-10(9-11)17-13-7-5-4-6-12(13)16/h4-7,10-11,17H,8-9,16H2,1-3H3,(H,18,19). The van der Waals surface area contributed by atoms with E-state index in [0.717, 1.165) is 24.2 Å². The number of rotatable bonds is 3. The lowest BCUT2D eigenvalue weighted by molar-refractivity contribution is 0.0416. The Morgan fingerprint density at radius 3 is 2.55 bits per heavy atom. The third kappa shape index (κ3) is 4.05. The van der Waals surface area contributed by atoms with Gasteiger partial charge in [-0.15, -0.1) is 0 Å². The van der Waals surface area contributed by atoms with Crippen molar-refractivity contribution >= 4 is 17.5 Å². The van der Waals surface area contributed by atoms with Crippen molar-refractivity contribution < 1.29 is 9.53 Å². The molecule has 0 aromatic heterocycles. The van der Waals surface area contributed by atoms with Gasteiger partial charge in [0, 0.05) is 24.4 Å². The molecule has 5 heteroatoms.